The molecule has 0 bridgehead atoms. The van der Waals surface area contributed by atoms with Crippen molar-refractivity contribution in [2.45, 2.75) is 0 Å². The van der Waals surface area contributed by atoms with Gasteiger partial charge in [-0.3, -0.25) is 0 Å². The largest absolute Gasteiger partial charge is 0.496 e. The minimum Gasteiger partial charge on any atom is -0.496 e. The van der Waals surface area contributed by atoms with E-state index in [1.165, 1.54) is 10.8 Å². The van der Waals surface area contributed by atoms with Gasteiger partial charge < -0.3 is 10.5 Å². The van der Waals surface area contributed by atoms with Gasteiger partial charge in [-0.1, -0.05) is 24.3 Å². The molecule has 3 aromatic carbocycles. The van der Waals surface area contributed by atoms with Crippen molar-refractivity contribution in [3.63, 3.8) is 0 Å². The van der Waals surface area contributed by atoms with Crippen molar-refractivity contribution in [2.24, 2.45) is 0 Å². The molecule has 0 unspecified atom stereocenters. The zero-order valence-electron chi connectivity index (χ0n) is 9.60. The highest BCUT2D eigenvalue weighted by Crippen LogP contribution is 2.32. The Bertz CT molecular complexity index is 704. The third-order valence-electron chi connectivity index (χ3n) is 3.02. The van der Waals surface area contributed by atoms with Gasteiger partial charge >= 0.3 is 0 Å². The molecule has 0 amide bonds. The second-order valence-electron chi connectivity index (χ2n) is 4.14. The first-order valence-electron chi connectivity index (χ1n) is 5.54. The van der Waals surface area contributed by atoms with Crippen molar-refractivity contribution in [1.29, 1.82) is 0 Å². The fourth-order valence-corrected chi connectivity index (χ4v) is 2.21. The average Bonchev–Trinajstić information content (AvgIpc) is 2.35. The van der Waals surface area contributed by atoms with Crippen LogP contribution in [0.2, 0.25) is 0 Å². The van der Waals surface area contributed by atoms with Gasteiger partial charge in [-0.05, 0) is 34.4 Å². The van der Waals surface area contributed by atoms with E-state index in [2.05, 4.69) is 24.3 Å². The van der Waals surface area contributed by atoms with Crippen LogP contribution in [0.25, 0.3) is 21.5 Å². The number of nitrogen functional groups attached to an aromatic ring is 1. The van der Waals surface area contributed by atoms with Crippen molar-refractivity contribution >= 4 is 27.2 Å². The summed E-state index contributed by atoms with van der Waals surface area (Å²) >= 11 is 0. The van der Waals surface area contributed by atoms with Crippen LogP contribution in [0, 0.1) is 0 Å². The molecule has 0 aromatic heterocycles. The van der Waals surface area contributed by atoms with Crippen molar-refractivity contribution in [3.05, 3.63) is 48.5 Å². The van der Waals surface area contributed by atoms with Gasteiger partial charge in [0.05, 0.1) is 7.11 Å². The Kier molecular flexibility index (Phi) is 2.15. The minimum absolute atomic E-state index is 0.727. The molecule has 0 spiro atoms. The Balaban J connectivity index is 2.47. The zero-order valence-corrected chi connectivity index (χ0v) is 9.60. The molecule has 2 heteroatoms. The van der Waals surface area contributed by atoms with Crippen LogP contribution < -0.4 is 10.5 Å². The highest BCUT2D eigenvalue weighted by Gasteiger charge is 2.04. The maximum absolute atomic E-state index is 5.86. The van der Waals surface area contributed by atoms with E-state index in [4.69, 9.17) is 10.5 Å². The van der Waals surface area contributed by atoms with Crippen LogP contribution in [0.3, 0.4) is 0 Å². The molecule has 3 aromatic rings. The van der Waals surface area contributed by atoms with Crippen molar-refractivity contribution < 1.29 is 4.74 Å². The normalized spacial score (nSPS) is 10.9. The SMILES string of the molecule is COc1cc(N)cc2cc3ccccc3cc12. The molecule has 0 saturated heterocycles. The van der Waals surface area contributed by atoms with E-state index < -0.39 is 0 Å². The van der Waals surface area contributed by atoms with Crippen molar-refractivity contribution in [1.82, 2.24) is 0 Å². The van der Waals surface area contributed by atoms with E-state index in [1.807, 2.05) is 24.3 Å². The van der Waals surface area contributed by atoms with E-state index in [0.29, 0.717) is 0 Å². The Morgan fingerprint density at radius 3 is 2.29 bits per heavy atom. The summed E-state index contributed by atoms with van der Waals surface area (Å²) in [5, 5.41) is 4.64. The van der Waals surface area contributed by atoms with Crippen LogP contribution in [-0.2, 0) is 0 Å². The predicted octanol–water partition coefficient (Wildman–Crippen LogP) is 3.58. The molecule has 0 aliphatic carbocycles. The molecule has 0 atom stereocenters. The minimum atomic E-state index is 0.727. The fourth-order valence-electron chi connectivity index (χ4n) is 2.21. The third kappa shape index (κ3) is 1.58. The molecule has 0 fully saturated rings. The lowest BCUT2D eigenvalue weighted by Crippen LogP contribution is -1.90. The second kappa shape index (κ2) is 3.67. The average molecular weight is 223 g/mol. The lowest BCUT2D eigenvalue weighted by atomic mass is 10.0. The summed E-state index contributed by atoms with van der Waals surface area (Å²) in [5.41, 5.74) is 6.59. The van der Waals surface area contributed by atoms with Crippen LogP contribution in [0.15, 0.2) is 48.5 Å². The Morgan fingerprint density at radius 1 is 0.882 bits per heavy atom. The second-order valence-corrected chi connectivity index (χ2v) is 4.14. The first-order valence-corrected chi connectivity index (χ1v) is 5.54. The monoisotopic (exact) mass is 223 g/mol. The molecule has 0 aliphatic rings. The number of anilines is 1. The van der Waals surface area contributed by atoms with Crippen LogP contribution >= 0.6 is 0 Å². The topological polar surface area (TPSA) is 35.2 Å². The summed E-state index contributed by atoms with van der Waals surface area (Å²) in [6.45, 7) is 0. The summed E-state index contributed by atoms with van der Waals surface area (Å²) in [7, 11) is 1.67. The molecule has 2 nitrogen and oxygen atoms in total. The number of hydrogen-bond acceptors (Lipinski definition) is 2. The number of ether oxygens (including phenoxy) is 1. The molecule has 2 N–H and O–H groups in total. The van der Waals surface area contributed by atoms with Gasteiger partial charge in [0.25, 0.3) is 0 Å². The summed E-state index contributed by atoms with van der Waals surface area (Å²) in [6.07, 6.45) is 0. The van der Waals surface area contributed by atoms with Gasteiger partial charge in [0.1, 0.15) is 5.75 Å². The third-order valence-corrected chi connectivity index (χ3v) is 3.02. The number of fused-ring (bicyclic) bond motifs is 2. The first kappa shape index (κ1) is 9.97. The van der Waals surface area contributed by atoms with Gasteiger partial charge in [0.15, 0.2) is 0 Å². The van der Waals surface area contributed by atoms with Gasteiger partial charge in [-0.25, -0.2) is 0 Å². The molecule has 3 rings (SSSR count). The van der Waals surface area contributed by atoms with E-state index >= 15 is 0 Å². The van der Waals surface area contributed by atoms with E-state index in [1.54, 1.807) is 7.11 Å². The van der Waals surface area contributed by atoms with E-state index in [0.717, 1.165) is 22.2 Å². The standard InChI is InChI=1S/C15H13NO/c1-17-15-9-13(16)7-12-6-10-4-2-3-5-11(10)8-14(12)15/h2-9H,16H2,1H3. The maximum atomic E-state index is 5.86. The summed E-state index contributed by atoms with van der Waals surface area (Å²) in [4.78, 5) is 0. The van der Waals surface area contributed by atoms with Crippen LogP contribution in [0.1, 0.15) is 0 Å². The highest BCUT2D eigenvalue weighted by molar-refractivity contribution is 6.02. The zero-order chi connectivity index (χ0) is 11.8. The fraction of sp³-hybridized carbons (Fsp3) is 0.0667. The lowest BCUT2D eigenvalue weighted by Gasteiger charge is -2.08. The number of benzene rings is 3. The maximum Gasteiger partial charge on any atom is 0.128 e. The molecule has 0 saturated carbocycles. The predicted molar refractivity (Wildman–Crippen MR) is 72.4 cm³/mol. The van der Waals surface area contributed by atoms with Crippen LogP contribution in [0.4, 0.5) is 5.69 Å². The van der Waals surface area contributed by atoms with Gasteiger partial charge in [-0.2, -0.15) is 0 Å². The molecular formula is C15H13NO. The molecule has 84 valence electrons. The quantitative estimate of drug-likeness (QED) is 0.505. The van der Waals surface area contributed by atoms with Crippen molar-refractivity contribution in [3.8, 4) is 5.75 Å². The molecule has 0 aliphatic heterocycles. The van der Waals surface area contributed by atoms with Crippen LogP contribution in [0.5, 0.6) is 5.75 Å². The molecule has 0 radical (unpaired) electrons. The number of hydrogen-bond donors (Lipinski definition) is 1. The van der Waals surface area contributed by atoms with Gasteiger partial charge in [-0.15, -0.1) is 0 Å². The highest BCUT2D eigenvalue weighted by atomic mass is 16.5. The number of methoxy groups -OCH3 is 1. The number of nitrogens with two attached hydrogens (primary N) is 1. The summed E-state index contributed by atoms with van der Waals surface area (Å²) in [6, 6.07) is 16.4. The summed E-state index contributed by atoms with van der Waals surface area (Å²) < 4.78 is 5.38. The van der Waals surface area contributed by atoms with E-state index in [9.17, 15) is 0 Å². The smallest absolute Gasteiger partial charge is 0.128 e. The van der Waals surface area contributed by atoms with Crippen LogP contribution in [-0.4, -0.2) is 7.11 Å². The first-order chi connectivity index (χ1) is 8.28. The van der Waals surface area contributed by atoms with Gasteiger partial charge in [0, 0.05) is 17.1 Å². The van der Waals surface area contributed by atoms with Crippen molar-refractivity contribution in [2.75, 3.05) is 12.8 Å². The van der Waals surface area contributed by atoms with Gasteiger partial charge in [0.2, 0.25) is 0 Å². The molecule has 0 heterocycles. The Hall–Kier alpha value is -2.22. The molecular weight excluding hydrogens is 210 g/mol. The lowest BCUT2D eigenvalue weighted by molar-refractivity contribution is 0.420. The number of rotatable bonds is 1. The summed E-state index contributed by atoms with van der Waals surface area (Å²) in [5.74, 6) is 0.825. The molecule has 17 heavy (non-hydrogen) atoms. The van der Waals surface area contributed by atoms with E-state index in [-0.39, 0.29) is 0 Å². The Labute approximate surface area is 99.6 Å². The Morgan fingerprint density at radius 2 is 1.59 bits per heavy atom.